The molecule has 0 amide bonds. The average molecular weight is 369 g/mol. The Labute approximate surface area is 136 Å². The van der Waals surface area contributed by atoms with Crippen LogP contribution in [0, 0.1) is 0 Å². The predicted octanol–water partition coefficient (Wildman–Crippen LogP) is 3.84. The average Bonchev–Trinajstić information content (AvgIpc) is 3.01. The van der Waals surface area contributed by atoms with Gasteiger partial charge in [-0.05, 0) is 32.0 Å². The number of nitrogens with zero attached hydrogens (tertiary/aromatic N) is 5. The molecule has 5 nitrogen and oxygen atoms in total. The number of hydrogen-bond donors (Lipinski definition) is 0. The number of halogens is 2. The van der Waals surface area contributed by atoms with Crippen LogP contribution in [0.1, 0.15) is 36.9 Å². The van der Waals surface area contributed by atoms with E-state index < -0.39 is 0 Å². The van der Waals surface area contributed by atoms with Crippen molar-refractivity contribution in [3.63, 3.8) is 0 Å². The van der Waals surface area contributed by atoms with Crippen LogP contribution in [0.25, 0.3) is 11.0 Å². The van der Waals surface area contributed by atoms with Gasteiger partial charge in [0.25, 0.3) is 0 Å². The largest absolute Gasteiger partial charge is 0.319 e. The van der Waals surface area contributed by atoms with Crippen molar-refractivity contribution in [1.29, 1.82) is 0 Å². The van der Waals surface area contributed by atoms with Crippen molar-refractivity contribution in [3.8, 4) is 0 Å². The van der Waals surface area contributed by atoms with Gasteiger partial charge in [0.2, 0.25) is 0 Å². The first kappa shape index (κ1) is 14.5. The van der Waals surface area contributed by atoms with Gasteiger partial charge in [-0.25, -0.2) is 4.98 Å². The number of aryl methyl sites for hydroxylation is 1. The highest BCUT2D eigenvalue weighted by Gasteiger charge is 2.22. The van der Waals surface area contributed by atoms with Crippen LogP contribution < -0.4 is 0 Å². The Morgan fingerprint density at radius 3 is 2.62 bits per heavy atom. The smallest absolute Gasteiger partial charge is 0.155 e. The minimum absolute atomic E-state index is 0.000115. The fourth-order valence-corrected chi connectivity index (χ4v) is 3.07. The van der Waals surface area contributed by atoms with E-state index in [0.29, 0.717) is 0 Å². The van der Waals surface area contributed by atoms with Crippen LogP contribution in [0.2, 0.25) is 0 Å². The first-order valence-electron chi connectivity index (χ1n) is 6.64. The van der Waals surface area contributed by atoms with Crippen molar-refractivity contribution in [2.45, 2.75) is 25.3 Å². The maximum atomic E-state index is 6.33. The van der Waals surface area contributed by atoms with E-state index in [0.717, 1.165) is 27.2 Å². The lowest BCUT2D eigenvalue weighted by Gasteiger charge is -2.17. The van der Waals surface area contributed by atoms with Gasteiger partial charge in [-0.3, -0.25) is 0 Å². The van der Waals surface area contributed by atoms with Crippen LogP contribution in [0.3, 0.4) is 0 Å². The van der Waals surface area contributed by atoms with Gasteiger partial charge >= 0.3 is 0 Å². The second-order valence-corrected chi connectivity index (χ2v) is 6.64. The number of fused-ring (bicyclic) bond motifs is 1. The third kappa shape index (κ3) is 2.46. The second-order valence-electron chi connectivity index (χ2n) is 5.07. The Morgan fingerprint density at radius 2 is 2.00 bits per heavy atom. The number of aromatic nitrogens is 5. The molecule has 3 aromatic rings. The van der Waals surface area contributed by atoms with Crippen molar-refractivity contribution in [2.24, 2.45) is 7.05 Å². The van der Waals surface area contributed by atoms with Gasteiger partial charge < -0.3 is 9.13 Å². The molecule has 0 bridgehead atoms. The highest BCUT2D eigenvalue weighted by molar-refractivity contribution is 9.10. The summed E-state index contributed by atoms with van der Waals surface area (Å²) in [7, 11) is 1.94. The highest BCUT2D eigenvalue weighted by Crippen LogP contribution is 2.31. The monoisotopic (exact) mass is 367 g/mol. The molecule has 2 atom stereocenters. The van der Waals surface area contributed by atoms with Gasteiger partial charge in [0, 0.05) is 11.5 Å². The van der Waals surface area contributed by atoms with E-state index >= 15 is 0 Å². The summed E-state index contributed by atoms with van der Waals surface area (Å²) in [4.78, 5) is 4.68. The van der Waals surface area contributed by atoms with E-state index in [1.807, 2.05) is 36.7 Å². The number of imidazole rings is 1. The summed E-state index contributed by atoms with van der Waals surface area (Å²) >= 11 is 9.81. The molecule has 7 heteroatoms. The molecule has 0 saturated carbocycles. The summed E-state index contributed by atoms with van der Waals surface area (Å²) < 4.78 is 5.04. The third-order valence-corrected chi connectivity index (χ3v) is 4.23. The van der Waals surface area contributed by atoms with Gasteiger partial charge in [-0.2, -0.15) is 0 Å². The molecule has 110 valence electrons. The number of hydrogen-bond acceptors (Lipinski definition) is 3. The lowest BCUT2D eigenvalue weighted by atomic mass is 10.2. The SMILES string of the molecule is CC(Cl)c1nc2cc(Br)ccc2n1C(C)c1nncn1C. The summed E-state index contributed by atoms with van der Waals surface area (Å²) in [6.07, 6.45) is 1.70. The molecular formula is C14H15BrClN5. The van der Waals surface area contributed by atoms with E-state index in [9.17, 15) is 0 Å². The normalized spacial score (nSPS) is 14.5. The summed E-state index contributed by atoms with van der Waals surface area (Å²) in [6, 6.07) is 6.05. The lowest BCUT2D eigenvalue weighted by molar-refractivity contribution is 0.563. The van der Waals surface area contributed by atoms with Crippen LogP contribution in [-0.4, -0.2) is 24.3 Å². The molecule has 2 aromatic heterocycles. The number of rotatable bonds is 3. The van der Waals surface area contributed by atoms with E-state index in [2.05, 4.69) is 42.6 Å². The first-order chi connectivity index (χ1) is 9.99. The molecule has 0 aliphatic heterocycles. The van der Waals surface area contributed by atoms with Gasteiger partial charge in [0.15, 0.2) is 5.82 Å². The Morgan fingerprint density at radius 1 is 1.24 bits per heavy atom. The Kier molecular flexibility index (Phi) is 3.75. The molecule has 0 spiro atoms. The zero-order valence-corrected chi connectivity index (χ0v) is 14.3. The zero-order valence-electron chi connectivity index (χ0n) is 12.0. The molecule has 1 aromatic carbocycles. The standard InChI is InChI=1S/C14H15BrClN5/c1-8(16)13-18-11-6-10(15)4-5-12(11)21(13)9(2)14-19-17-7-20(14)3/h4-9H,1-3H3. The van der Waals surface area contributed by atoms with Crippen molar-refractivity contribution in [3.05, 3.63) is 40.6 Å². The molecule has 2 unspecified atom stereocenters. The molecule has 0 fully saturated rings. The zero-order chi connectivity index (χ0) is 15.1. The highest BCUT2D eigenvalue weighted by atomic mass is 79.9. The summed E-state index contributed by atoms with van der Waals surface area (Å²) in [6.45, 7) is 4.01. The molecule has 0 radical (unpaired) electrons. The molecule has 0 saturated heterocycles. The Balaban J connectivity index is 2.24. The Bertz CT molecular complexity index is 792. The molecule has 0 aliphatic carbocycles. The first-order valence-corrected chi connectivity index (χ1v) is 7.87. The molecule has 2 heterocycles. The minimum atomic E-state index is -0.188. The Hall–Kier alpha value is -1.40. The van der Waals surface area contributed by atoms with Gasteiger partial charge in [0.1, 0.15) is 12.2 Å². The third-order valence-electron chi connectivity index (χ3n) is 3.54. The molecule has 3 rings (SSSR count). The van der Waals surface area contributed by atoms with E-state index in [1.54, 1.807) is 6.33 Å². The van der Waals surface area contributed by atoms with E-state index in [-0.39, 0.29) is 11.4 Å². The quantitative estimate of drug-likeness (QED) is 0.660. The van der Waals surface area contributed by atoms with Gasteiger partial charge in [-0.1, -0.05) is 15.9 Å². The topological polar surface area (TPSA) is 48.5 Å². The van der Waals surface area contributed by atoms with Crippen molar-refractivity contribution >= 4 is 38.6 Å². The lowest BCUT2D eigenvalue weighted by Crippen LogP contribution is -2.15. The van der Waals surface area contributed by atoms with Gasteiger partial charge in [0.05, 0.1) is 22.5 Å². The molecular weight excluding hydrogens is 354 g/mol. The van der Waals surface area contributed by atoms with Crippen molar-refractivity contribution < 1.29 is 0 Å². The van der Waals surface area contributed by atoms with Crippen LogP contribution in [0.4, 0.5) is 0 Å². The molecule has 21 heavy (non-hydrogen) atoms. The number of benzene rings is 1. The summed E-state index contributed by atoms with van der Waals surface area (Å²) in [5.41, 5.74) is 1.96. The minimum Gasteiger partial charge on any atom is -0.319 e. The summed E-state index contributed by atoms with van der Waals surface area (Å²) in [5.74, 6) is 1.70. The van der Waals surface area contributed by atoms with Crippen molar-refractivity contribution in [1.82, 2.24) is 24.3 Å². The van der Waals surface area contributed by atoms with Crippen LogP contribution >= 0.6 is 27.5 Å². The van der Waals surface area contributed by atoms with Crippen LogP contribution in [0.15, 0.2) is 29.0 Å². The fraction of sp³-hybridized carbons (Fsp3) is 0.357. The predicted molar refractivity (Wildman–Crippen MR) is 86.5 cm³/mol. The van der Waals surface area contributed by atoms with E-state index in [4.69, 9.17) is 11.6 Å². The maximum Gasteiger partial charge on any atom is 0.155 e. The number of alkyl halides is 1. The second kappa shape index (κ2) is 5.42. The molecule has 0 aliphatic rings. The fourth-order valence-electron chi connectivity index (χ4n) is 2.56. The molecule has 0 N–H and O–H groups in total. The van der Waals surface area contributed by atoms with Crippen LogP contribution in [-0.2, 0) is 7.05 Å². The maximum absolute atomic E-state index is 6.33. The summed E-state index contributed by atoms with van der Waals surface area (Å²) in [5, 5.41) is 7.98. The van der Waals surface area contributed by atoms with Crippen molar-refractivity contribution in [2.75, 3.05) is 0 Å². The van der Waals surface area contributed by atoms with Gasteiger partial charge in [-0.15, -0.1) is 21.8 Å². The van der Waals surface area contributed by atoms with E-state index in [1.165, 1.54) is 0 Å². The van der Waals surface area contributed by atoms with Crippen LogP contribution in [0.5, 0.6) is 0 Å².